The largest absolute Gasteiger partial charge is 0.496 e. The Morgan fingerprint density at radius 2 is 1.77 bits per heavy atom. The molecule has 0 saturated heterocycles. The number of carbonyl (C=O) groups is 1. The maximum Gasteiger partial charge on any atom is 0.419 e. The van der Waals surface area contributed by atoms with Crippen molar-refractivity contribution in [1.82, 2.24) is 0 Å². The van der Waals surface area contributed by atoms with Crippen molar-refractivity contribution in [2.24, 2.45) is 0 Å². The lowest BCUT2D eigenvalue weighted by molar-refractivity contribution is -0.138. The van der Waals surface area contributed by atoms with Gasteiger partial charge in [-0.25, -0.2) is 0 Å². The van der Waals surface area contributed by atoms with Crippen molar-refractivity contribution >= 4 is 11.9 Å². The summed E-state index contributed by atoms with van der Waals surface area (Å²) in [5.74, 6) is -0.812. The highest BCUT2D eigenvalue weighted by Crippen LogP contribution is 2.36. The van der Waals surface area contributed by atoms with Crippen LogP contribution in [0.3, 0.4) is 0 Å². The predicted molar refractivity (Wildman–Crippen MR) is 77.8 cm³/mol. The highest BCUT2D eigenvalue weighted by Gasteiger charge is 2.34. The molecule has 0 spiro atoms. The number of alkyl halides is 3. The molecule has 0 amide bonds. The minimum Gasteiger partial charge on any atom is -0.496 e. The zero-order valence-corrected chi connectivity index (χ0v) is 11.7. The molecule has 0 unspecified atom stereocenters. The summed E-state index contributed by atoms with van der Waals surface area (Å²) in [6, 6.07) is 12.3. The third-order valence-corrected chi connectivity index (χ3v) is 3.02. The standard InChI is InChI=1S/C17H13F3O2/c1-22-16-10-8-13(11-14(16)17(18,19)20)15(21)9-7-12-5-3-2-4-6-12/h2-11H,1H3/b9-7+. The molecule has 0 aliphatic rings. The van der Waals surface area contributed by atoms with E-state index in [0.717, 1.165) is 24.8 Å². The molecule has 5 heteroatoms. The zero-order chi connectivity index (χ0) is 16.2. The Hall–Kier alpha value is -2.56. The summed E-state index contributed by atoms with van der Waals surface area (Å²) in [4.78, 5) is 12.0. The summed E-state index contributed by atoms with van der Waals surface area (Å²) in [5.41, 5.74) is -0.213. The second kappa shape index (κ2) is 6.47. The van der Waals surface area contributed by atoms with Gasteiger partial charge in [-0.05, 0) is 29.8 Å². The third-order valence-electron chi connectivity index (χ3n) is 3.02. The smallest absolute Gasteiger partial charge is 0.419 e. The molecule has 0 aliphatic carbocycles. The molecule has 2 nitrogen and oxygen atoms in total. The first kappa shape index (κ1) is 15.8. The second-order valence-electron chi connectivity index (χ2n) is 4.52. The van der Waals surface area contributed by atoms with Crippen LogP contribution in [0.1, 0.15) is 21.5 Å². The number of halogens is 3. The fraction of sp³-hybridized carbons (Fsp3) is 0.118. The van der Waals surface area contributed by atoms with Crippen LogP contribution < -0.4 is 4.74 Å². The summed E-state index contributed by atoms with van der Waals surface area (Å²) in [5, 5.41) is 0. The Balaban J connectivity index is 2.29. The summed E-state index contributed by atoms with van der Waals surface area (Å²) in [6.45, 7) is 0. The van der Waals surface area contributed by atoms with Gasteiger partial charge in [0, 0.05) is 5.56 Å². The number of benzene rings is 2. The molecule has 0 aliphatic heterocycles. The van der Waals surface area contributed by atoms with Gasteiger partial charge >= 0.3 is 6.18 Å². The van der Waals surface area contributed by atoms with Crippen LogP contribution in [-0.4, -0.2) is 12.9 Å². The van der Waals surface area contributed by atoms with E-state index in [4.69, 9.17) is 0 Å². The summed E-state index contributed by atoms with van der Waals surface area (Å²) in [7, 11) is 1.15. The number of hydrogen-bond donors (Lipinski definition) is 0. The van der Waals surface area contributed by atoms with E-state index in [-0.39, 0.29) is 11.3 Å². The summed E-state index contributed by atoms with van der Waals surface area (Å²) < 4.78 is 43.4. The molecule has 2 rings (SSSR count). The predicted octanol–water partition coefficient (Wildman–Crippen LogP) is 4.61. The fourth-order valence-corrected chi connectivity index (χ4v) is 1.92. The molecular formula is C17H13F3O2. The lowest BCUT2D eigenvalue weighted by Gasteiger charge is -2.12. The Labute approximate surface area is 125 Å². The van der Waals surface area contributed by atoms with Crippen molar-refractivity contribution in [2.75, 3.05) is 7.11 Å². The van der Waals surface area contributed by atoms with Crippen LogP contribution in [0.15, 0.2) is 54.6 Å². The van der Waals surface area contributed by atoms with Gasteiger partial charge in [0.15, 0.2) is 5.78 Å². The van der Waals surface area contributed by atoms with Gasteiger partial charge in [0.25, 0.3) is 0 Å². The molecule has 0 radical (unpaired) electrons. The molecule has 22 heavy (non-hydrogen) atoms. The molecule has 0 atom stereocenters. The van der Waals surface area contributed by atoms with Gasteiger partial charge in [0.05, 0.1) is 12.7 Å². The Kier molecular flexibility index (Phi) is 4.65. The number of ether oxygens (including phenoxy) is 1. The molecule has 0 heterocycles. The molecule has 0 N–H and O–H groups in total. The average Bonchev–Trinajstić information content (AvgIpc) is 2.52. The SMILES string of the molecule is COc1ccc(C(=O)/C=C/c2ccccc2)cc1C(F)(F)F. The molecule has 0 aromatic heterocycles. The minimum atomic E-state index is -4.58. The van der Waals surface area contributed by atoms with Crippen molar-refractivity contribution in [3.05, 3.63) is 71.3 Å². The van der Waals surface area contributed by atoms with Crippen LogP contribution >= 0.6 is 0 Å². The topological polar surface area (TPSA) is 26.3 Å². The maximum atomic E-state index is 12.9. The Morgan fingerprint density at radius 1 is 1.09 bits per heavy atom. The van der Waals surface area contributed by atoms with Crippen LogP contribution in [0.5, 0.6) is 5.75 Å². The van der Waals surface area contributed by atoms with E-state index in [9.17, 15) is 18.0 Å². The van der Waals surface area contributed by atoms with Crippen LogP contribution in [0, 0.1) is 0 Å². The number of hydrogen-bond acceptors (Lipinski definition) is 2. The summed E-state index contributed by atoms with van der Waals surface area (Å²) >= 11 is 0. The molecule has 0 saturated carbocycles. The number of carbonyl (C=O) groups excluding carboxylic acids is 1. The number of allylic oxidation sites excluding steroid dienone is 1. The number of methoxy groups -OCH3 is 1. The quantitative estimate of drug-likeness (QED) is 0.609. The molecule has 2 aromatic rings. The average molecular weight is 306 g/mol. The van der Waals surface area contributed by atoms with E-state index in [1.165, 1.54) is 12.1 Å². The third kappa shape index (κ3) is 3.75. The van der Waals surface area contributed by atoms with E-state index >= 15 is 0 Å². The van der Waals surface area contributed by atoms with Crippen molar-refractivity contribution in [3.8, 4) is 5.75 Å². The van der Waals surface area contributed by atoms with Gasteiger partial charge in [0.2, 0.25) is 0 Å². The van der Waals surface area contributed by atoms with E-state index in [2.05, 4.69) is 4.74 Å². The van der Waals surface area contributed by atoms with Crippen molar-refractivity contribution in [3.63, 3.8) is 0 Å². The van der Waals surface area contributed by atoms with Crippen LogP contribution in [-0.2, 0) is 6.18 Å². The van der Waals surface area contributed by atoms with E-state index in [1.54, 1.807) is 30.3 Å². The van der Waals surface area contributed by atoms with E-state index in [1.807, 2.05) is 6.07 Å². The molecule has 0 fully saturated rings. The molecular weight excluding hydrogens is 293 g/mol. The number of rotatable bonds is 4. The van der Waals surface area contributed by atoms with Gasteiger partial charge in [-0.3, -0.25) is 4.79 Å². The van der Waals surface area contributed by atoms with Crippen molar-refractivity contribution < 1.29 is 22.7 Å². The van der Waals surface area contributed by atoms with Crippen LogP contribution in [0.4, 0.5) is 13.2 Å². The normalized spacial score (nSPS) is 11.6. The van der Waals surface area contributed by atoms with E-state index in [0.29, 0.717) is 0 Å². The van der Waals surface area contributed by atoms with Gasteiger partial charge in [-0.1, -0.05) is 36.4 Å². The van der Waals surface area contributed by atoms with Crippen LogP contribution in [0.25, 0.3) is 6.08 Å². The lowest BCUT2D eigenvalue weighted by Crippen LogP contribution is -2.09. The van der Waals surface area contributed by atoms with Gasteiger partial charge in [-0.2, -0.15) is 13.2 Å². The van der Waals surface area contributed by atoms with Crippen molar-refractivity contribution in [2.45, 2.75) is 6.18 Å². The minimum absolute atomic E-state index is 0.0414. The Bertz CT molecular complexity index is 689. The molecule has 2 aromatic carbocycles. The highest BCUT2D eigenvalue weighted by atomic mass is 19.4. The molecule has 0 bridgehead atoms. The lowest BCUT2D eigenvalue weighted by atomic mass is 10.0. The fourth-order valence-electron chi connectivity index (χ4n) is 1.92. The van der Waals surface area contributed by atoms with Gasteiger partial charge in [0.1, 0.15) is 5.75 Å². The van der Waals surface area contributed by atoms with Crippen LogP contribution in [0.2, 0.25) is 0 Å². The first-order valence-electron chi connectivity index (χ1n) is 6.44. The monoisotopic (exact) mass is 306 g/mol. The maximum absolute atomic E-state index is 12.9. The van der Waals surface area contributed by atoms with Crippen molar-refractivity contribution in [1.29, 1.82) is 0 Å². The first-order chi connectivity index (χ1) is 10.4. The molecule has 114 valence electrons. The zero-order valence-electron chi connectivity index (χ0n) is 11.7. The first-order valence-corrected chi connectivity index (χ1v) is 6.44. The highest BCUT2D eigenvalue weighted by molar-refractivity contribution is 6.07. The second-order valence-corrected chi connectivity index (χ2v) is 4.52. The number of ketones is 1. The van der Waals surface area contributed by atoms with E-state index < -0.39 is 17.5 Å². The van der Waals surface area contributed by atoms with Gasteiger partial charge in [-0.15, -0.1) is 0 Å². The Morgan fingerprint density at radius 3 is 2.36 bits per heavy atom. The van der Waals surface area contributed by atoms with Gasteiger partial charge < -0.3 is 4.74 Å². The summed E-state index contributed by atoms with van der Waals surface area (Å²) in [6.07, 6.45) is -1.78.